The molecule has 1 saturated carbocycles. The summed E-state index contributed by atoms with van der Waals surface area (Å²) in [4.78, 5) is 32.7. The summed E-state index contributed by atoms with van der Waals surface area (Å²) < 4.78 is 5.41. The maximum Gasteiger partial charge on any atom is 0.407 e. The molecule has 4 aliphatic heterocycles. The van der Waals surface area contributed by atoms with E-state index < -0.39 is 6.09 Å². The van der Waals surface area contributed by atoms with Crippen molar-refractivity contribution in [1.82, 2.24) is 19.6 Å². The second-order valence-corrected chi connectivity index (χ2v) is 10.2. The highest BCUT2D eigenvalue weighted by molar-refractivity contribution is 5.75. The first-order chi connectivity index (χ1) is 14.5. The molecule has 8 heteroatoms. The molecule has 1 aliphatic carbocycles. The Morgan fingerprint density at radius 3 is 2.30 bits per heavy atom. The minimum Gasteiger partial charge on any atom is -0.465 e. The molecule has 3 amide bonds. The van der Waals surface area contributed by atoms with Crippen LogP contribution in [-0.2, 0) is 4.74 Å². The van der Waals surface area contributed by atoms with E-state index in [9.17, 15) is 14.7 Å². The molecular formula is C22H36N4O4. The van der Waals surface area contributed by atoms with Gasteiger partial charge in [-0.15, -0.1) is 0 Å². The molecule has 5 fully saturated rings. The van der Waals surface area contributed by atoms with Crippen LogP contribution in [0.5, 0.6) is 0 Å². The predicted molar refractivity (Wildman–Crippen MR) is 111 cm³/mol. The minimum absolute atomic E-state index is 0.230. The number of carbonyl (C=O) groups excluding carboxylic acids is 1. The Morgan fingerprint density at radius 1 is 0.900 bits per heavy atom. The first-order valence-electron chi connectivity index (χ1n) is 11.9. The molecule has 1 N–H and O–H groups in total. The van der Waals surface area contributed by atoms with Gasteiger partial charge in [-0.1, -0.05) is 0 Å². The van der Waals surface area contributed by atoms with Crippen molar-refractivity contribution in [3.05, 3.63) is 0 Å². The second kappa shape index (κ2) is 8.19. The SMILES string of the molecule is O=C(O)N1CCC2(CC(N3CCC([C@@H]4CCCN4C(=O)N4CCOCC4)CC3)C2)C1. The highest BCUT2D eigenvalue weighted by Crippen LogP contribution is 2.50. The molecule has 0 unspecified atom stereocenters. The van der Waals surface area contributed by atoms with Crippen LogP contribution in [0, 0.1) is 11.3 Å². The van der Waals surface area contributed by atoms with Crippen molar-refractivity contribution in [1.29, 1.82) is 0 Å². The summed E-state index contributed by atoms with van der Waals surface area (Å²) in [6, 6.07) is 1.27. The fraction of sp³-hybridized carbons (Fsp3) is 0.909. The first-order valence-corrected chi connectivity index (χ1v) is 11.9. The number of amides is 3. The Hall–Kier alpha value is -1.54. The summed E-state index contributed by atoms with van der Waals surface area (Å²) in [5, 5.41) is 9.23. The Balaban J connectivity index is 1.10. The summed E-state index contributed by atoms with van der Waals surface area (Å²) in [5.41, 5.74) is 0.257. The third-order valence-corrected chi connectivity index (χ3v) is 8.51. The number of piperidine rings is 1. The van der Waals surface area contributed by atoms with Gasteiger partial charge in [0, 0.05) is 44.8 Å². The summed E-state index contributed by atoms with van der Waals surface area (Å²) in [5.74, 6) is 0.622. The number of rotatable bonds is 2. The third kappa shape index (κ3) is 3.77. The molecule has 30 heavy (non-hydrogen) atoms. The van der Waals surface area contributed by atoms with Crippen LogP contribution in [0.3, 0.4) is 0 Å². The molecule has 168 valence electrons. The topological polar surface area (TPSA) is 76.6 Å². The van der Waals surface area contributed by atoms with Crippen LogP contribution < -0.4 is 0 Å². The normalized spacial score (nSPS) is 35.8. The lowest BCUT2D eigenvalue weighted by Crippen LogP contribution is -2.56. The van der Waals surface area contributed by atoms with Gasteiger partial charge < -0.3 is 29.4 Å². The van der Waals surface area contributed by atoms with Crippen LogP contribution in [0.1, 0.15) is 44.9 Å². The summed E-state index contributed by atoms with van der Waals surface area (Å²) >= 11 is 0. The molecule has 1 spiro atoms. The van der Waals surface area contributed by atoms with Gasteiger partial charge in [-0.05, 0) is 69.4 Å². The van der Waals surface area contributed by atoms with E-state index in [1.54, 1.807) is 4.90 Å². The van der Waals surface area contributed by atoms with Gasteiger partial charge in [-0.25, -0.2) is 9.59 Å². The van der Waals surface area contributed by atoms with Crippen molar-refractivity contribution in [2.75, 3.05) is 59.0 Å². The van der Waals surface area contributed by atoms with Crippen LogP contribution in [0.15, 0.2) is 0 Å². The summed E-state index contributed by atoms with van der Waals surface area (Å²) in [7, 11) is 0. The molecule has 5 rings (SSSR count). The zero-order valence-electron chi connectivity index (χ0n) is 18.0. The quantitative estimate of drug-likeness (QED) is 0.741. The predicted octanol–water partition coefficient (Wildman–Crippen LogP) is 2.15. The van der Waals surface area contributed by atoms with E-state index >= 15 is 0 Å². The maximum absolute atomic E-state index is 13.0. The van der Waals surface area contributed by atoms with E-state index in [1.165, 1.54) is 12.8 Å². The number of hydrogen-bond donors (Lipinski definition) is 1. The summed E-state index contributed by atoms with van der Waals surface area (Å²) in [6.45, 7) is 7.38. The van der Waals surface area contributed by atoms with Crippen LogP contribution >= 0.6 is 0 Å². The molecule has 5 aliphatic rings. The average Bonchev–Trinajstić information content (AvgIpc) is 3.41. The Morgan fingerprint density at radius 2 is 1.63 bits per heavy atom. The van der Waals surface area contributed by atoms with Crippen molar-refractivity contribution in [3.63, 3.8) is 0 Å². The van der Waals surface area contributed by atoms with Gasteiger partial charge in [0.15, 0.2) is 0 Å². The van der Waals surface area contributed by atoms with Crippen molar-refractivity contribution < 1.29 is 19.4 Å². The van der Waals surface area contributed by atoms with Crippen LogP contribution in [0.4, 0.5) is 9.59 Å². The van der Waals surface area contributed by atoms with Gasteiger partial charge in [-0.2, -0.15) is 0 Å². The highest BCUT2D eigenvalue weighted by atomic mass is 16.5. The molecule has 0 bridgehead atoms. The van der Waals surface area contributed by atoms with Crippen molar-refractivity contribution >= 4 is 12.1 Å². The fourth-order valence-corrected chi connectivity index (χ4v) is 6.76. The molecular weight excluding hydrogens is 384 g/mol. The van der Waals surface area contributed by atoms with Gasteiger partial charge in [0.2, 0.25) is 0 Å². The Bertz CT molecular complexity index is 654. The maximum atomic E-state index is 13.0. The number of hydrogen-bond acceptors (Lipinski definition) is 4. The van der Waals surface area contributed by atoms with Gasteiger partial charge in [0.05, 0.1) is 13.2 Å². The van der Waals surface area contributed by atoms with Gasteiger partial charge in [0.1, 0.15) is 0 Å². The van der Waals surface area contributed by atoms with E-state index in [4.69, 9.17) is 4.74 Å². The largest absolute Gasteiger partial charge is 0.465 e. The fourth-order valence-electron chi connectivity index (χ4n) is 6.76. The van der Waals surface area contributed by atoms with Gasteiger partial charge >= 0.3 is 12.1 Å². The molecule has 4 heterocycles. The molecule has 1 atom stereocenters. The number of morpholine rings is 1. The zero-order chi connectivity index (χ0) is 20.7. The number of nitrogens with zero attached hydrogens (tertiary/aromatic N) is 4. The monoisotopic (exact) mass is 420 g/mol. The van der Waals surface area contributed by atoms with Crippen LogP contribution in [0.25, 0.3) is 0 Å². The number of carboxylic acid groups (broad SMARTS) is 1. The lowest BCUT2D eigenvalue weighted by atomic mass is 9.64. The molecule has 0 aromatic carbocycles. The number of ether oxygens (including phenoxy) is 1. The van der Waals surface area contributed by atoms with E-state index in [-0.39, 0.29) is 11.4 Å². The number of likely N-dealkylation sites (tertiary alicyclic amines) is 3. The third-order valence-electron chi connectivity index (χ3n) is 8.51. The first kappa shape index (κ1) is 20.4. The second-order valence-electron chi connectivity index (χ2n) is 10.2. The molecule has 0 aromatic heterocycles. The summed E-state index contributed by atoms with van der Waals surface area (Å²) in [6.07, 6.45) is 7.24. The van der Waals surface area contributed by atoms with Crippen molar-refractivity contribution in [3.8, 4) is 0 Å². The number of urea groups is 1. The minimum atomic E-state index is -0.760. The standard InChI is InChI=1S/C22H36N4O4/c27-20(24-10-12-30-13-11-24)26-6-1-2-19(26)17-3-7-23(8-4-17)18-14-22(15-18)5-9-25(16-22)21(28)29/h17-19H,1-16H2,(H,28,29)/t18?,19-,22?/m0/s1. The molecule has 4 saturated heterocycles. The van der Waals surface area contributed by atoms with Gasteiger partial charge in [-0.3, -0.25) is 0 Å². The van der Waals surface area contributed by atoms with Crippen molar-refractivity contribution in [2.45, 2.75) is 57.0 Å². The highest BCUT2D eigenvalue weighted by Gasteiger charge is 2.51. The van der Waals surface area contributed by atoms with E-state index in [0.29, 0.717) is 37.8 Å². The van der Waals surface area contributed by atoms with E-state index in [1.807, 2.05) is 4.90 Å². The smallest absolute Gasteiger partial charge is 0.407 e. The Kier molecular flexibility index (Phi) is 5.56. The molecule has 0 aromatic rings. The number of carbonyl (C=O) groups is 2. The van der Waals surface area contributed by atoms with E-state index in [0.717, 1.165) is 71.4 Å². The Labute approximate surface area is 179 Å². The lowest BCUT2D eigenvalue weighted by Gasteiger charge is -2.52. The van der Waals surface area contributed by atoms with Crippen LogP contribution in [-0.4, -0.2) is 108 Å². The van der Waals surface area contributed by atoms with Gasteiger partial charge in [0.25, 0.3) is 0 Å². The zero-order valence-corrected chi connectivity index (χ0v) is 18.0. The average molecular weight is 421 g/mol. The molecule has 8 nitrogen and oxygen atoms in total. The lowest BCUT2D eigenvalue weighted by molar-refractivity contribution is -0.0151. The van der Waals surface area contributed by atoms with Crippen LogP contribution in [0.2, 0.25) is 0 Å². The van der Waals surface area contributed by atoms with E-state index in [2.05, 4.69) is 9.80 Å². The molecule has 0 radical (unpaired) electrons. The van der Waals surface area contributed by atoms with Crippen molar-refractivity contribution in [2.24, 2.45) is 11.3 Å².